The fraction of sp³-hybridized carbons (Fsp3) is 0.304. The van der Waals surface area contributed by atoms with Crippen molar-refractivity contribution >= 4 is 28.9 Å². The zero-order chi connectivity index (χ0) is 21.5. The number of carbonyl (C=O) groups is 1. The highest BCUT2D eigenvalue weighted by Gasteiger charge is 2.19. The van der Waals surface area contributed by atoms with Crippen LogP contribution in [0.2, 0.25) is 0 Å². The third-order valence-corrected chi connectivity index (χ3v) is 5.60. The van der Waals surface area contributed by atoms with E-state index < -0.39 is 0 Å². The number of para-hydroxylation sites is 1. The Labute approximate surface area is 181 Å². The molecule has 0 saturated heterocycles. The van der Waals surface area contributed by atoms with E-state index in [0.717, 1.165) is 29.5 Å². The number of hydrogen-bond acceptors (Lipinski definition) is 6. The molecule has 1 heterocycles. The molecular weight excluding hydrogens is 400 g/mol. The Morgan fingerprint density at radius 2 is 1.83 bits per heavy atom. The van der Waals surface area contributed by atoms with Crippen molar-refractivity contribution < 1.29 is 19.0 Å². The fourth-order valence-electron chi connectivity index (χ4n) is 3.01. The molecule has 0 aromatic heterocycles. The van der Waals surface area contributed by atoms with Crippen LogP contribution < -0.4 is 19.9 Å². The van der Waals surface area contributed by atoms with Gasteiger partial charge in [-0.15, -0.1) is 0 Å². The SMILES string of the molecule is CC[C@H](C)c1ccccc1OCCOc1ccc(/C=C2\SC(N)=NC2=O)cc1OC. The second-order valence-electron chi connectivity index (χ2n) is 6.82. The van der Waals surface area contributed by atoms with Gasteiger partial charge < -0.3 is 19.9 Å². The lowest BCUT2D eigenvalue weighted by molar-refractivity contribution is -0.113. The zero-order valence-corrected chi connectivity index (χ0v) is 18.2. The molecule has 0 unspecified atom stereocenters. The first-order valence-corrected chi connectivity index (χ1v) is 10.6. The molecule has 1 aliphatic heterocycles. The van der Waals surface area contributed by atoms with Gasteiger partial charge in [0.1, 0.15) is 19.0 Å². The van der Waals surface area contributed by atoms with Crippen molar-refractivity contribution in [2.75, 3.05) is 20.3 Å². The summed E-state index contributed by atoms with van der Waals surface area (Å²) in [4.78, 5) is 15.9. The molecule has 1 aliphatic rings. The molecule has 158 valence electrons. The number of amides is 1. The quantitative estimate of drug-likeness (QED) is 0.466. The molecule has 0 fully saturated rings. The Kier molecular flexibility index (Phi) is 7.41. The third-order valence-electron chi connectivity index (χ3n) is 4.78. The molecule has 0 bridgehead atoms. The van der Waals surface area contributed by atoms with E-state index in [-0.39, 0.29) is 11.1 Å². The van der Waals surface area contributed by atoms with E-state index in [2.05, 4.69) is 24.9 Å². The number of aliphatic imine (C=N–C) groups is 1. The number of nitrogens with two attached hydrogens (primary N) is 1. The topological polar surface area (TPSA) is 83.1 Å². The van der Waals surface area contributed by atoms with Crippen molar-refractivity contribution in [3.8, 4) is 17.2 Å². The van der Waals surface area contributed by atoms with Gasteiger partial charge in [-0.3, -0.25) is 4.79 Å². The number of nitrogens with zero attached hydrogens (tertiary/aromatic N) is 1. The fourth-order valence-corrected chi connectivity index (χ4v) is 3.69. The highest BCUT2D eigenvalue weighted by molar-refractivity contribution is 8.18. The lowest BCUT2D eigenvalue weighted by Crippen LogP contribution is -2.11. The molecule has 0 radical (unpaired) electrons. The average Bonchev–Trinajstić information content (AvgIpc) is 3.08. The first-order chi connectivity index (χ1) is 14.5. The minimum atomic E-state index is -0.327. The maximum absolute atomic E-state index is 11.8. The summed E-state index contributed by atoms with van der Waals surface area (Å²) < 4.78 is 17.2. The molecule has 2 N–H and O–H groups in total. The molecule has 7 heteroatoms. The van der Waals surface area contributed by atoms with E-state index in [4.69, 9.17) is 19.9 Å². The summed E-state index contributed by atoms with van der Waals surface area (Å²) in [5.41, 5.74) is 7.60. The van der Waals surface area contributed by atoms with Crippen LogP contribution >= 0.6 is 11.8 Å². The predicted octanol–water partition coefficient (Wildman–Crippen LogP) is 4.60. The molecule has 0 spiro atoms. The van der Waals surface area contributed by atoms with Gasteiger partial charge in [0.05, 0.1) is 12.0 Å². The van der Waals surface area contributed by atoms with Gasteiger partial charge in [0.15, 0.2) is 16.7 Å². The molecule has 30 heavy (non-hydrogen) atoms. The van der Waals surface area contributed by atoms with Crippen LogP contribution in [0.15, 0.2) is 52.4 Å². The first kappa shape index (κ1) is 21.8. The van der Waals surface area contributed by atoms with Crippen LogP contribution in [0.5, 0.6) is 17.2 Å². The monoisotopic (exact) mass is 426 g/mol. The van der Waals surface area contributed by atoms with E-state index in [9.17, 15) is 4.79 Å². The highest BCUT2D eigenvalue weighted by Crippen LogP contribution is 2.32. The summed E-state index contributed by atoms with van der Waals surface area (Å²) in [7, 11) is 1.58. The summed E-state index contributed by atoms with van der Waals surface area (Å²) in [6, 6.07) is 13.6. The number of rotatable bonds is 9. The molecule has 2 aromatic carbocycles. The minimum Gasteiger partial charge on any atom is -0.493 e. The number of benzene rings is 2. The van der Waals surface area contributed by atoms with Crippen molar-refractivity contribution in [1.82, 2.24) is 0 Å². The van der Waals surface area contributed by atoms with E-state index in [1.54, 1.807) is 13.2 Å². The second-order valence-corrected chi connectivity index (χ2v) is 7.88. The van der Waals surface area contributed by atoms with Crippen molar-refractivity contribution in [2.45, 2.75) is 26.2 Å². The molecule has 0 saturated carbocycles. The van der Waals surface area contributed by atoms with Crippen LogP contribution in [0.1, 0.15) is 37.3 Å². The summed E-state index contributed by atoms with van der Waals surface area (Å²) in [6.07, 6.45) is 2.79. The largest absolute Gasteiger partial charge is 0.493 e. The number of ether oxygens (including phenoxy) is 3. The maximum atomic E-state index is 11.8. The van der Waals surface area contributed by atoms with Gasteiger partial charge in [0.2, 0.25) is 0 Å². The number of hydrogen-bond donors (Lipinski definition) is 1. The summed E-state index contributed by atoms with van der Waals surface area (Å²) in [5, 5.41) is 0.257. The van der Waals surface area contributed by atoms with Gasteiger partial charge in [-0.05, 0) is 59.5 Å². The third kappa shape index (κ3) is 5.36. The Bertz CT molecular complexity index is 971. The maximum Gasteiger partial charge on any atom is 0.286 e. The van der Waals surface area contributed by atoms with E-state index in [1.165, 1.54) is 5.56 Å². The molecule has 0 aliphatic carbocycles. The molecule has 6 nitrogen and oxygen atoms in total. The van der Waals surface area contributed by atoms with Crippen molar-refractivity contribution in [3.05, 3.63) is 58.5 Å². The van der Waals surface area contributed by atoms with Crippen LogP contribution in [0.25, 0.3) is 6.08 Å². The zero-order valence-electron chi connectivity index (χ0n) is 17.4. The smallest absolute Gasteiger partial charge is 0.286 e. The molecule has 2 aromatic rings. The first-order valence-electron chi connectivity index (χ1n) is 9.82. The molecule has 3 rings (SSSR count). The van der Waals surface area contributed by atoms with Crippen LogP contribution in [0.3, 0.4) is 0 Å². The summed E-state index contributed by atoms with van der Waals surface area (Å²) in [5.74, 6) is 2.19. The molecule has 1 amide bonds. The Hall–Kier alpha value is -2.93. The second kappa shape index (κ2) is 10.2. The van der Waals surface area contributed by atoms with Crippen molar-refractivity contribution in [2.24, 2.45) is 10.7 Å². The lowest BCUT2D eigenvalue weighted by Gasteiger charge is -2.16. The normalized spacial score (nSPS) is 15.8. The Morgan fingerprint density at radius 3 is 2.50 bits per heavy atom. The van der Waals surface area contributed by atoms with E-state index >= 15 is 0 Å². The van der Waals surface area contributed by atoms with Gasteiger partial charge >= 0.3 is 0 Å². The van der Waals surface area contributed by atoms with E-state index in [1.807, 2.05) is 36.4 Å². The van der Waals surface area contributed by atoms with Crippen molar-refractivity contribution in [1.29, 1.82) is 0 Å². The number of carbonyl (C=O) groups excluding carboxylic acids is 1. The number of methoxy groups -OCH3 is 1. The summed E-state index contributed by atoms with van der Waals surface area (Å²) >= 11 is 1.16. The Balaban J connectivity index is 1.60. The van der Waals surface area contributed by atoms with Crippen molar-refractivity contribution in [3.63, 3.8) is 0 Å². The van der Waals surface area contributed by atoms with Crippen LogP contribution in [-0.4, -0.2) is 31.4 Å². The lowest BCUT2D eigenvalue weighted by atomic mass is 9.98. The Morgan fingerprint density at radius 1 is 1.10 bits per heavy atom. The predicted molar refractivity (Wildman–Crippen MR) is 121 cm³/mol. The van der Waals surface area contributed by atoms with Gasteiger partial charge in [-0.25, -0.2) is 0 Å². The average molecular weight is 427 g/mol. The van der Waals surface area contributed by atoms with Crippen LogP contribution in [0, 0.1) is 0 Å². The molecular formula is C23H26N2O4S. The number of amidine groups is 1. The van der Waals surface area contributed by atoms with E-state index in [0.29, 0.717) is 35.5 Å². The number of thioether (sulfide) groups is 1. The van der Waals surface area contributed by atoms with Crippen LogP contribution in [-0.2, 0) is 4.79 Å². The van der Waals surface area contributed by atoms with Crippen LogP contribution in [0.4, 0.5) is 0 Å². The van der Waals surface area contributed by atoms with Gasteiger partial charge in [-0.2, -0.15) is 4.99 Å². The highest BCUT2D eigenvalue weighted by atomic mass is 32.2. The van der Waals surface area contributed by atoms with Gasteiger partial charge in [0.25, 0.3) is 5.91 Å². The van der Waals surface area contributed by atoms with Gasteiger partial charge in [-0.1, -0.05) is 38.1 Å². The van der Waals surface area contributed by atoms with Gasteiger partial charge in [0, 0.05) is 0 Å². The summed E-state index contributed by atoms with van der Waals surface area (Å²) in [6.45, 7) is 5.16. The standard InChI is InChI=1S/C23H26N2O4S/c1-4-15(2)17-7-5-6-8-18(17)28-11-12-29-19-10-9-16(13-20(19)27-3)14-21-22(26)25-23(24)30-21/h5-10,13-15H,4,11-12H2,1-3H3,(H2,24,25,26)/b21-14-/t15-/m0/s1. The molecule has 1 atom stereocenters. The minimum absolute atomic E-state index is 0.257.